The van der Waals surface area contributed by atoms with Gasteiger partial charge in [0, 0.05) is 23.7 Å². The predicted octanol–water partition coefficient (Wildman–Crippen LogP) is 4.47. The predicted molar refractivity (Wildman–Crippen MR) is 105 cm³/mol. The number of amides is 1. The summed E-state index contributed by atoms with van der Waals surface area (Å²) in [4.78, 5) is 19.4. The number of likely N-dealkylation sites (tertiary alicyclic amines) is 1. The van der Waals surface area contributed by atoms with E-state index in [1.54, 1.807) is 6.20 Å². The van der Waals surface area contributed by atoms with Gasteiger partial charge in [0.15, 0.2) is 0 Å². The van der Waals surface area contributed by atoms with E-state index in [1.165, 1.54) is 37.9 Å². The van der Waals surface area contributed by atoms with Gasteiger partial charge in [0.1, 0.15) is 0 Å². The van der Waals surface area contributed by atoms with Crippen molar-refractivity contribution in [1.82, 2.24) is 9.88 Å². The number of piperidine rings is 1. The molecule has 2 aromatic carbocycles. The summed E-state index contributed by atoms with van der Waals surface area (Å²) in [7, 11) is 0. The van der Waals surface area contributed by atoms with Gasteiger partial charge in [0.2, 0.25) is 0 Å². The topological polar surface area (TPSA) is 45.2 Å². The number of nitrogens with zero attached hydrogens (tertiary/aromatic N) is 2. The van der Waals surface area contributed by atoms with Crippen LogP contribution < -0.4 is 5.32 Å². The number of benzene rings is 2. The lowest BCUT2D eigenvalue weighted by Gasteiger charge is -2.26. The van der Waals surface area contributed by atoms with Crippen LogP contribution >= 0.6 is 0 Å². The molecule has 1 saturated heterocycles. The van der Waals surface area contributed by atoms with Crippen molar-refractivity contribution >= 4 is 22.5 Å². The summed E-state index contributed by atoms with van der Waals surface area (Å²) in [5.74, 6) is -0.0918. The molecule has 4 rings (SSSR count). The van der Waals surface area contributed by atoms with E-state index in [0.717, 1.165) is 23.1 Å². The maximum Gasteiger partial charge on any atom is 0.255 e. The molecule has 4 heteroatoms. The van der Waals surface area contributed by atoms with E-state index < -0.39 is 0 Å². The molecule has 1 aromatic heterocycles. The molecule has 0 unspecified atom stereocenters. The van der Waals surface area contributed by atoms with E-state index in [1.807, 2.05) is 42.5 Å². The van der Waals surface area contributed by atoms with Crippen molar-refractivity contribution in [2.45, 2.75) is 25.8 Å². The number of pyridine rings is 1. The summed E-state index contributed by atoms with van der Waals surface area (Å²) >= 11 is 0. The normalized spacial score (nSPS) is 15.1. The summed E-state index contributed by atoms with van der Waals surface area (Å²) in [5.41, 5.74) is 3.60. The molecule has 1 N–H and O–H groups in total. The van der Waals surface area contributed by atoms with Crippen LogP contribution in [0, 0.1) is 0 Å². The number of anilines is 1. The number of fused-ring (bicyclic) bond motifs is 1. The van der Waals surface area contributed by atoms with E-state index in [9.17, 15) is 4.79 Å². The van der Waals surface area contributed by atoms with E-state index in [4.69, 9.17) is 0 Å². The van der Waals surface area contributed by atoms with Crippen molar-refractivity contribution in [3.05, 3.63) is 71.9 Å². The first-order chi connectivity index (χ1) is 12.8. The summed E-state index contributed by atoms with van der Waals surface area (Å²) < 4.78 is 0. The lowest BCUT2D eigenvalue weighted by atomic mass is 10.1. The largest absolute Gasteiger partial charge is 0.321 e. The highest BCUT2D eigenvalue weighted by molar-refractivity contribution is 6.08. The van der Waals surface area contributed by atoms with Gasteiger partial charge in [-0.1, -0.05) is 24.6 Å². The van der Waals surface area contributed by atoms with Crippen LogP contribution in [0.25, 0.3) is 10.9 Å². The molecule has 2 heterocycles. The molecule has 4 nitrogen and oxygen atoms in total. The van der Waals surface area contributed by atoms with Crippen molar-refractivity contribution in [1.29, 1.82) is 0 Å². The molecule has 1 amide bonds. The first-order valence-corrected chi connectivity index (χ1v) is 9.26. The Bertz CT molecular complexity index is 893. The van der Waals surface area contributed by atoms with Gasteiger partial charge in [-0.3, -0.25) is 14.7 Å². The number of hydrogen-bond acceptors (Lipinski definition) is 3. The lowest BCUT2D eigenvalue weighted by Crippen LogP contribution is -2.29. The summed E-state index contributed by atoms with van der Waals surface area (Å²) in [6.45, 7) is 3.33. The first kappa shape index (κ1) is 16.7. The monoisotopic (exact) mass is 345 g/mol. The molecule has 0 aliphatic carbocycles. The maximum atomic E-state index is 12.6. The molecule has 0 spiro atoms. The molecule has 1 aliphatic rings. The highest BCUT2D eigenvalue weighted by atomic mass is 16.1. The highest BCUT2D eigenvalue weighted by Gasteiger charge is 2.12. The van der Waals surface area contributed by atoms with Gasteiger partial charge in [-0.05, 0) is 67.9 Å². The van der Waals surface area contributed by atoms with Crippen LogP contribution in [0.15, 0.2) is 60.8 Å². The van der Waals surface area contributed by atoms with E-state index in [2.05, 4.69) is 27.3 Å². The molecule has 0 saturated carbocycles. The maximum absolute atomic E-state index is 12.6. The van der Waals surface area contributed by atoms with Crippen LogP contribution in [-0.4, -0.2) is 28.9 Å². The molecule has 1 fully saturated rings. The first-order valence-electron chi connectivity index (χ1n) is 9.26. The minimum Gasteiger partial charge on any atom is -0.321 e. The van der Waals surface area contributed by atoms with E-state index in [0.29, 0.717) is 5.56 Å². The van der Waals surface area contributed by atoms with Crippen LogP contribution in [0.3, 0.4) is 0 Å². The van der Waals surface area contributed by atoms with E-state index >= 15 is 0 Å². The third-order valence-electron chi connectivity index (χ3n) is 4.96. The fourth-order valence-corrected chi connectivity index (χ4v) is 3.54. The number of carbonyl (C=O) groups excluding carboxylic acids is 1. The molecule has 0 atom stereocenters. The Morgan fingerprint density at radius 2 is 1.77 bits per heavy atom. The molecule has 0 bridgehead atoms. The Kier molecular flexibility index (Phi) is 4.93. The summed E-state index contributed by atoms with van der Waals surface area (Å²) in [5, 5.41) is 3.96. The van der Waals surface area contributed by atoms with Gasteiger partial charge in [-0.2, -0.15) is 0 Å². The van der Waals surface area contributed by atoms with Gasteiger partial charge in [-0.15, -0.1) is 0 Å². The molecule has 26 heavy (non-hydrogen) atoms. The minimum absolute atomic E-state index is 0.0918. The Morgan fingerprint density at radius 3 is 2.58 bits per heavy atom. The van der Waals surface area contributed by atoms with Crippen LogP contribution in [-0.2, 0) is 6.54 Å². The number of aromatic nitrogens is 1. The highest BCUT2D eigenvalue weighted by Crippen LogP contribution is 2.22. The molecule has 132 valence electrons. The lowest BCUT2D eigenvalue weighted by molar-refractivity contribution is 0.102. The average molecular weight is 345 g/mol. The smallest absolute Gasteiger partial charge is 0.255 e. The zero-order valence-corrected chi connectivity index (χ0v) is 14.8. The van der Waals surface area contributed by atoms with Gasteiger partial charge in [0.05, 0.1) is 11.2 Å². The SMILES string of the molecule is O=C(Nc1cccc2ncccc12)c1ccc(CN2CCCCC2)cc1. The number of carbonyl (C=O) groups is 1. The van der Waals surface area contributed by atoms with Crippen LogP contribution in [0.2, 0.25) is 0 Å². The zero-order valence-electron chi connectivity index (χ0n) is 14.8. The standard InChI is InChI=1S/C22H23N3O/c26-22(24-21-8-4-7-20-19(21)6-5-13-23-20)18-11-9-17(10-12-18)16-25-14-2-1-3-15-25/h4-13H,1-3,14-16H2,(H,24,26). The van der Waals surface area contributed by atoms with Gasteiger partial charge in [-0.25, -0.2) is 0 Å². The average Bonchev–Trinajstić information content (AvgIpc) is 2.70. The second kappa shape index (κ2) is 7.67. The number of rotatable bonds is 4. The Morgan fingerprint density at radius 1 is 0.962 bits per heavy atom. The summed E-state index contributed by atoms with van der Waals surface area (Å²) in [6, 6.07) is 17.6. The second-order valence-corrected chi connectivity index (χ2v) is 6.86. The van der Waals surface area contributed by atoms with E-state index in [-0.39, 0.29) is 5.91 Å². The van der Waals surface area contributed by atoms with Crippen molar-refractivity contribution < 1.29 is 4.79 Å². The molecule has 1 aliphatic heterocycles. The number of hydrogen-bond donors (Lipinski definition) is 1. The zero-order chi connectivity index (χ0) is 17.8. The van der Waals surface area contributed by atoms with Crippen molar-refractivity contribution in [3.8, 4) is 0 Å². The van der Waals surface area contributed by atoms with Gasteiger partial charge in [0.25, 0.3) is 5.91 Å². The molecular formula is C22H23N3O. The Balaban J connectivity index is 1.46. The van der Waals surface area contributed by atoms with Crippen molar-refractivity contribution in [2.24, 2.45) is 0 Å². The summed E-state index contributed by atoms with van der Waals surface area (Å²) in [6.07, 6.45) is 5.69. The van der Waals surface area contributed by atoms with Crippen molar-refractivity contribution in [3.63, 3.8) is 0 Å². The minimum atomic E-state index is -0.0918. The molecule has 3 aromatic rings. The van der Waals surface area contributed by atoms with Gasteiger partial charge >= 0.3 is 0 Å². The third-order valence-corrected chi connectivity index (χ3v) is 4.96. The Labute approximate surface area is 153 Å². The van der Waals surface area contributed by atoms with Crippen LogP contribution in [0.4, 0.5) is 5.69 Å². The van der Waals surface area contributed by atoms with Crippen LogP contribution in [0.5, 0.6) is 0 Å². The molecular weight excluding hydrogens is 322 g/mol. The third kappa shape index (κ3) is 3.75. The van der Waals surface area contributed by atoms with Gasteiger partial charge < -0.3 is 5.32 Å². The second-order valence-electron chi connectivity index (χ2n) is 6.86. The number of nitrogens with one attached hydrogen (secondary N) is 1. The Hall–Kier alpha value is -2.72. The van der Waals surface area contributed by atoms with Crippen LogP contribution in [0.1, 0.15) is 35.2 Å². The quantitative estimate of drug-likeness (QED) is 0.759. The fourth-order valence-electron chi connectivity index (χ4n) is 3.54. The fraction of sp³-hybridized carbons (Fsp3) is 0.273. The molecule has 0 radical (unpaired) electrons. The van der Waals surface area contributed by atoms with Crippen molar-refractivity contribution in [2.75, 3.05) is 18.4 Å².